The highest BCUT2D eigenvalue weighted by Crippen LogP contribution is 2.26. The molecule has 2 nitrogen and oxygen atoms in total. The van der Waals surface area contributed by atoms with Crippen LogP contribution in [-0.2, 0) is 0 Å². The fraction of sp³-hybridized carbons (Fsp3) is 0.533. The van der Waals surface area contributed by atoms with Crippen LogP contribution in [0.15, 0.2) is 24.3 Å². The van der Waals surface area contributed by atoms with E-state index >= 15 is 0 Å². The highest BCUT2D eigenvalue weighted by molar-refractivity contribution is 6.03. The van der Waals surface area contributed by atoms with Gasteiger partial charge in [0.25, 0.3) is 0 Å². The Morgan fingerprint density at radius 1 is 1.18 bits per heavy atom. The predicted octanol–water partition coefficient (Wildman–Crippen LogP) is 3.66. The zero-order valence-corrected chi connectivity index (χ0v) is 10.6. The summed E-state index contributed by atoms with van der Waals surface area (Å²) < 4.78 is 0. The van der Waals surface area contributed by atoms with Crippen molar-refractivity contribution in [3.05, 3.63) is 29.8 Å². The molecule has 0 aliphatic carbocycles. The molecule has 1 heterocycles. The van der Waals surface area contributed by atoms with E-state index in [0.717, 1.165) is 24.3 Å². The van der Waals surface area contributed by atoms with E-state index in [4.69, 9.17) is 0 Å². The first-order chi connectivity index (χ1) is 8.33. The van der Waals surface area contributed by atoms with Gasteiger partial charge in [-0.3, -0.25) is 4.79 Å². The molecule has 0 amide bonds. The van der Waals surface area contributed by atoms with Crippen molar-refractivity contribution in [1.29, 1.82) is 0 Å². The maximum Gasteiger partial charge on any atom is 0.166 e. The topological polar surface area (TPSA) is 20.3 Å². The molecule has 92 valence electrons. The minimum absolute atomic E-state index is 0.297. The lowest BCUT2D eigenvalue weighted by atomic mass is 10.00. The molecule has 17 heavy (non-hydrogen) atoms. The molecule has 0 saturated carbocycles. The number of para-hydroxylation sites is 1. The Balaban J connectivity index is 2.00. The number of benzene rings is 1. The summed E-state index contributed by atoms with van der Waals surface area (Å²) in [5.74, 6) is 0.297. The van der Waals surface area contributed by atoms with E-state index in [1.54, 1.807) is 0 Å². The second-order valence-electron chi connectivity index (χ2n) is 4.74. The maximum absolute atomic E-state index is 11.8. The van der Waals surface area contributed by atoms with E-state index in [1.807, 2.05) is 18.2 Å². The molecule has 1 aliphatic heterocycles. The van der Waals surface area contributed by atoms with E-state index in [-0.39, 0.29) is 0 Å². The Morgan fingerprint density at radius 3 is 2.82 bits per heavy atom. The van der Waals surface area contributed by atoms with Gasteiger partial charge >= 0.3 is 0 Å². The number of hydrogen-bond donors (Lipinski definition) is 0. The van der Waals surface area contributed by atoms with Crippen LogP contribution in [0.25, 0.3) is 0 Å². The van der Waals surface area contributed by atoms with E-state index in [9.17, 15) is 4.79 Å². The minimum Gasteiger partial charge on any atom is -0.370 e. The van der Waals surface area contributed by atoms with Crippen LogP contribution in [-0.4, -0.2) is 18.9 Å². The second-order valence-corrected chi connectivity index (χ2v) is 4.74. The van der Waals surface area contributed by atoms with Gasteiger partial charge in [-0.1, -0.05) is 38.3 Å². The van der Waals surface area contributed by atoms with Crippen molar-refractivity contribution in [2.24, 2.45) is 0 Å². The lowest BCUT2D eigenvalue weighted by molar-refractivity contribution is 0.0980. The number of anilines is 1. The largest absolute Gasteiger partial charge is 0.370 e. The first-order valence-electron chi connectivity index (χ1n) is 6.70. The number of nitrogens with zero attached hydrogens (tertiary/aromatic N) is 1. The molecule has 0 saturated heterocycles. The zero-order valence-electron chi connectivity index (χ0n) is 10.6. The lowest BCUT2D eigenvalue weighted by Crippen LogP contribution is -2.32. The van der Waals surface area contributed by atoms with E-state index in [2.05, 4.69) is 17.9 Å². The number of Topliss-reactive ketones (excluding diaryl/α,β-unsaturated/α-hetero) is 1. The van der Waals surface area contributed by atoms with Crippen LogP contribution >= 0.6 is 0 Å². The van der Waals surface area contributed by atoms with Gasteiger partial charge in [-0.2, -0.15) is 0 Å². The van der Waals surface area contributed by atoms with Gasteiger partial charge in [0.05, 0.1) is 0 Å². The number of carbonyl (C=O) groups is 1. The van der Waals surface area contributed by atoms with Crippen LogP contribution in [0.3, 0.4) is 0 Å². The van der Waals surface area contributed by atoms with Crippen molar-refractivity contribution in [2.75, 3.05) is 18.0 Å². The number of hydrogen-bond acceptors (Lipinski definition) is 2. The van der Waals surface area contributed by atoms with Crippen LogP contribution in [0, 0.1) is 0 Å². The molecule has 0 unspecified atom stereocenters. The summed E-state index contributed by atoms with van der Waals surface area (Å²) in [7, 11) is 0. The quantitative estimate of drug-likeness (QED) is 0.721. The Bertz CT molecular complexity index is 386. The third kappa shape index (κ3) is 2.87. The van der Waals surface area contributed by atoms with Crippen molar-refractivity contribution in [1.82, 2.24) is 0 Å². The Morgan fingerprint density at radius 2 is 2.00 bits per heavy atom. The first-order valence-corrected chi connectivity index (χ1v) is 6.70. The second kappa shape index (κ2) is 5.85. The van der Waals surface area contributed by atoms with Gasteiger partial charge in [-0.15, -0.1) is 0 Å². The molecule has 2 rings (SSSR count). The van der Waals surface area contributed by atoms with Crippen molar-refractivity contribution in [3.63, 3.8) is 0 Å². The molecule has 0 aromatic heterocycles. The molecule has 0 spiro atoms. The number of rotatable bonds is 5. The lowest BCUT2D eigenvalue weighted by Gasteiger charge is -2.30. The van der Waals surface area contributed by atoms with Gasteiger partial charge in [0.2, 0.25) is 0 Å². The van der Waals surface area contributed by atoms with Crippen molar-refractivity contribution in [2.45, 2.75) is 39.0 Å². The summed E-state index contributed by atoms with van der Waals surface area (Å²) in [4.78, 5) is 14.1. The van der Waals surface area contributed by atoms with Crippen molar-refractivity contribution < 1.29 is 4.79 Å². The Kier molecular flexibility index (Phi) is 4.18. The monoisotopic (exact) mass is 231 g/mol. The third-order valence-electron chi connectivity index (χ3n) is 3.44. The zero-order chi connectivity index (χ0) is 12.1. The van der Waals surface area contributed by atoms with Gasteiger partial charge in [0.1, 0.15) is 0 Å². The molecule has 0 bridgehead atoms. The highest BCUT2D eigenvalue weighted by atomic mass is 16.1. The standard InChI is InChI=1S/C15H21NO/c1-2-3-4-7-11-16-12-10-15(17)13-8-5-6-9-14(13)16/h5-6,8-9H,2-4,7,10-12H2,1H3. The molecule has 1 aromatic carbocycles. The van der Waals surface area contributed by atoms with Crippen LogP contribution in [0.1, 0.15) is 49.4 Å². The molecule has 0 atom stereocenters. The summed E-state index contributed by atoms with van der Waals surface area (Å²) >= 11 is 0. The number of ketones is 1. The summed E-state index contributed by atoms with van der Waals surface area (Å²) in [6.45, 7) is 4.21. The summed E-state index contributed by atoms with van der Waals surface area (Å²) in [6, 6.07) is 8.01. The predicted molar refractivity (Wildman–Crippen MR) is 71.7 cm³/mol. The van der Waals surface area contributed by atoms with Gasteiger partial charge < -0.3 is 4.90 Å². The molecule has 0 N–H and O–H groups in total. The minimum atomic E-state index is 0.297. The molecule has 1 aromatic rings. The van der Waals surface area contributed by atoms with Crippen LogP contribution < -0.4 is 4.90 Å². The number of fused-ring (bicyclic) bond motifs is 1. The summed E-state index contributed by atoms with van der Waals surface area (Å²) in [5.41, 5.74) is 2.05. The number of unbranched alkanes of at least 4 members (excludes halogenated alkanes) is 3. The molecular formula is C15H21NO. The van der Waals surface area contributed by atoms with E-state index in [1.165, 1.54) is 25.7 Å². The SMILES string of the molecule is CCCCCCN1CCC(=O)c2ccccc21. The fourth-order valence-electron chi connectivity index (χ4n) is 2.44. The van der Waals surface area contributed by atoms with E-state index < -0.39 is 0 Å². The smallest absolute Gasteiger partial charge is 0.166 e. The van der Waals surface area contributed by atoms with Gasteiger partial charge in [-0.05, 0) is 18.6 Å². The fourth-order valence-corrected chi connectivity index (χ4v) is 2.44. The van der Waals surface area contributed by atoms with Gasteiger partial charge in [0, 0.05) is 30.8 Å². The van der Waals surface area contributed by atoms with E-state index in [0.29, 0.717) is 12.2 Å². The molecular weight excluding hydrogens is 210 g/mol. The first kappa shape index (κ1) is 12.2. The van der Waals surface area contributed by atoms with Crippen LogP contribution in [0.2, 0.25) is 0 Å². The van der Waals surface area contributed by atoms with Crippen LogP contribution in [0.4, 0.5) is 5.69 Å². The van der Waals surface area contributed by atoms with Crippen molar-refractivity contribution in [3.8, 4) is 0 Å². The van der Waals surface area contributed by atoms with Crippen LogP contribution in [0.5, 0.6) is 0 Å². The molecule has 0 radical (unpaired) electrons. The Labute approximate surface area is 104 Å². The molecule has 2 heteroatoms. The summed E-state index contributed by atoms with van der Waals surface area (Å²) in [6.07, 6.45) is 5.79. The third-order valence-corrected chi connectivity index (χ3v) is 3.44. The molecule has 1 aliphatic rings. The Hall–Kier alpha value is -1.31. The highest BCUT2D eigenvalue weighted by Gasteiger charge is 2.21. The van der Waals surface area contributed by atoms with Gasteiger partial charge in [-0.25, -0.2) is 0 Å². The number of carbonyl (C=O) groups excluding carboxylic acids is 1. The molecule has 0 fully saturated rings. The average molecular weight is 231 g/mol. The maximum atomic E-state index is 11.8. The summed E-state index contributed by atoms with van der Waals surface area (Å²) in [5, 5.41) is 0. The average Bonchev–Trinajstić information content (AvgIpc) is 2.37. The van der Waals surface area contributed by atoms with Crippen molar-refractivity contribution >= 4 is 11.5 Å². The van der Waals surface area contributed by atoms with Gasteiger partial charge in [0.15, 0.2) is 5.78 Å². The normalized spacial score (nSPS) is 14.9.